The SMILES string of the molecule is COc1ccc(N2C(=O)[C@H]3[C@@H](C2=O)C2C=Cc4cc(OC)ccc4N2[C@H]3C(=O)C(C)(C)C)cc1. The number of anilines is 2. The second-order valence-corrected chi connectivity index (χ2v) is 10.0. The molecule has 0 N–H and O–H groups in total. The normalized spacial score (nSPS) is 25.2. The van der Waals surface area contributed by atoms with Crippen molar-refractivity contribution in [3.63, 3.8) is 0 Å². The average molecular weight is 461 g/mol. The minimum atomic E-state index is -0.760. The second-order valence-electron chi connectivity index (χ2n) is 10.0. The molecule has 0 aliphatic carbocycles. The maximum atomic E-state index is 13.8. The lowest BCUT2D eigenvalue weighted by Crippen LogP contribution is -2.51. The summed E-state index contributed by atoms with van der Waals surface area (Å²) < 4.78 is 10.6. The highest BCUT2D eigenvalue weighted by atomic mass is 16.5. The Morgan fingerprint density at radius 3 is 2.12 bits per heavy atom. The highest BCUT2D eigenvalue weighted by Gasteiger charge is 2.65. The van der Waals surface area contributed by atoms with E-state index in [4.69, 9.17) is 9.47 Å². The van der Waals surface area contributed by atoms with Gasteiger partial charge in [0.05, 0.1) is 37.8 Å². The third-order valence-electron chi connectivity index (χ3n) is 7.05. The van der Waals surface area contributed by atoms with Crippen LogP contribution in [0.3, 0.4) is 0 Å². The topological polar surface area (TPSA) is 76.2 Å². The van der Waals surface area contributed by atoms with Gasteiger partial charge in [0.15, 0.2) is 5.78 Å². The van der Waals surface area contributed by atoms with Crippen LogP contribution in [-0.4, -0.2) is 43.9 Å². The fraction of sp³-hybridized carbons (Fsp3) is 0.370. The fourth-order valence-electron chi connectivity index (χ4n) is 5.41. The second kappa shape index (κ2) is 7.72. The summed E-state index contributed by atoms with van der Waals surface area (Å²) in [5.41, 5.74) is 1.54. The van der Waals surface area contributed by atoms with Crippen molar-refractivity contribution in [3.05, 3.63) is 54.1 Å². The van der Waals surface area contributed by atoms with Crippen molar-refractivity contribution in [2.24, 2.45) is 17.3 Å². The molecule has 3 aliphatic rings. The van der Waals surface area contributed by atoms with Gasteiger partial charge in [-0.25, -0.2) is 4.90 Å². The number of methoxy groups -OCH3 is 2. The van der Waals surface area contributed by atoms with E-state index in [9.17, 15) is 14.4 Å². The maximum Gasteiger partial charge on any atom is 0.240 e. The molecule has 0 aromatic heterocycles. The van der Waals surface area contributed by atoms with Crippen LogP contribution in [0.1, 0.15) is 26.3 Å². The van der Waals surface area contributed by atoms with Gasteiger partial charge >= 0.3 is 0 Å². The van der Waals surface area contributed by atoms with E-state index in [0.29, 0.717) is 17.2 Å². The van der Waals surface area contributed by atoms with E-state index >= 15 is 0 Å². The number of imide groups is 1. The Kier molecular flexibility index (Phi) is 5.04. The molecule has 3 heterocycles. The van der Waals surface area contributed by atoms with Crippen LogP contribution in [-0.2, 0) is 14.4 Å². The largest absolute Gasteiger partial charge is 0.497 e. The molecule has 4 atom stereocenters. The molecule has 2 aromatic rings. The number of amides is 2. The first-order chi connectivity index (χ1) is 16.2. The summed E-state index contributed by atoms with van der Waals surface area (Å²) in [7, 11) is 3.17. The van der Waals surface area contributed by atoms with Crippen LogP contribution in [0.5, 0.6) is 11.5 Å². The molecule has 0 bridgehead atoms. The molecule has 2 aromatic carbocycles. The predicted octanol–water partition coefficient (Wildman–Crippen LogP) is 3.71. The minimum Gasteiger partial charge on any atom is -0.497 e. The average Bonchev–Trinajstić information content (AvgIpc) is 3.30. The molecule has 2 fully saturated rings. The number of fused-ring (bicyclic) bond motifs is 5. The van der Waals surface area contributed by atoms with Gasteiger partial charge in [-0.15, -0.1) is 0 Å². The molecule has 0 spiro atoms. The number of carbonyl (C=O) groups excluding carboxylic acids is 3. The van der Waals surface area contributed by atoms with Crippen molar-refractivity contribution < 1.29 is 23.9 Å². The Morgan fingerprint density at radius 2 is 1.50 bits per heavy atom. The van der Waals surface area contributed by atoms with Gasteiger partial charge in [-0.1, -0.05) is 32.9 Å². The van der Waals surface area contributed by atoms with Crippen LogP contribution in [0.15, 0.2) is 48.5 Å². The molecule has 1 unspecified atom stereocenters. The van der Waals surface area contributed by atoms with Crippen molar-refractivity contribution in [2.75, 3.05) is 24.0 Å². The molecule has 5 rings (SSSR count). The lowest BCUT2D eigenvalue weighted by Gasteiger charge is -2.38. The zero-order chi connectivity index (χ0) is 24.4. The summed E-state index contributed by atoms with van der Waals surface area (Å²) in [6.45, 7) is 5.57. The summed E-state index contributed by atoms with van der Waals surface area (Å²) in [6.07, 6.45) is 3.89. The van der Waals surface area contributed by atoms with Crippen LogP contribution in [0, 0.1) is 17.3 Å². The van der Waals surface area contributed by atoms with Gasteiger partial charge in [-0.3, -0.25) is 14.4 Å². The number of ketones is 1. The van der Waals surface area contributed by atoms with Gasteiger partial charge in [0.1, 0.15) is 17.5 Å². The molecule has 7 nitrogen and oxygen atoms in total. The predicted molar refractivity (Wildman–Crippen MR) is 129 cm³/mol. The van der Waals surface area contributed by atoms with Gasteiger partial charge in [-0.2, -0.15) is 0 Å². The van der Waals surface area contributed by atoms with Crippen molar-refractivity contribution >= 4 is 35.0 Å². The zero-order valence-corrected chi connectivity index (χ0v) is 19.9. The first kappa shape index (κ1) is 22.2. The molecule has 3 aliphatic heterocycles. The molecule has 2 saturated heterocycles. The summed E-state index contributed by atoms with van der Waals surface area (Å²) >= 11 is 0. The molecule has 176 valence electrons. The third-order valence-corrected chi connectivity index (χ3v) is 7.05. The number of nitrogens with zero attached hydrogens (tertiary/aromatic N) is 2. The number of hydrogen-bond acceptors (Lipinski definition) is 6. The molecule has 34 heavy (non-hydrogen) atoms. The van der Waals surface area contributed by atoms with E-state index < -0.39 is 23.3 Å². The first-order valence-corrected chi connectivity index (χ1v) is 11.4. The lowest BCUT2D eigenvalue weighted by atomic mass is 9.79. The van der Waals surface area contributed by atoms with Crippen LogP contribution in [0.4, 0.5) is 11.4 Å². The number of Topliss-reactive ketones (excluding diaryl/α,β-unsaturated/α-hetero) is 1. The Balaban J connectivity index is 1.62. The molecule has 2 amide bonds. The summed E-state index contributed by atoms with van der Waals surface area (Å²) in [4.78, 5) is 44.5. The van der Waals surface area contributed by atoms with Crippen molar-refractivity contribution in [2.45, 2.75) is 32.9 Å². The number of benzene rings is 2. The number of hydrogen-bond donors (Lipinski definition) is 0. The van der Waals surface area contributed by atoms with Crippen LogP contribution < -0.4 is 19.3 Å². The summed E-state index contributed by atoms with van der Waals surface area (Å²) in [5, 5.41) is 0. The highest BCUT2D eigenvalue weighted by Crippen LogP contribution is 2.51. The van der Waals surface area contributed by atoms with Gasteiger partial charge in [0.2, 0.25) is 11.8 Å². The summed E-state index contributed by atoms with van der Waals surface area (Å²) in [5.74, 6) is -0.724. The number of ether oxygens (including phenoxy) is 2. The van der Waals surface area contributed by atoms with Gasteiger partial charge in [0.25, 0.3) is 0 Å². The van der Waals surface area contributed by atoms with Gasteiger partial charge in [0, 0.05) is 16.7 Å². The molecular weight excluding hydrogens is 432 g/mol. The fourth-order valence-corrected chi connectivity index (χ4v) is 5.41. The van der Waals surface area contributed by atoms with E-state index in [-0.39, 0.29) is 23.6 Å². The Morgan fingerprint density at radius 1 is 0.882 bits per heavy atom. The first-order valence-electron chi connectivity index (χ1n) is 11.4. The Bertz CT molecular complexity index is 1210. The maximum absolute atomic E-state index is 13.8. The van der Waals surface area contributed by atoms with Crippen LogP contribution in [0.2, 0.25) is 0 Å². The standard InChI is InChI=1S/C27H28N2O5/c1-27(2,3)24(30)23-22-21(20-12-6-15-14-18(34-5)11-13-19(15)29(20)23)25(31)28(26(22)32)16-7-9-17(33-4)10-8-16/h6-14,20-23H,1-5H3/t20?,21-,22-,23+/m0/s1. The Hall–Kier alpha value is -3.61. The third kappa shape index (κ3) is 3.14. The number of rotatable bonds is 4. The van der Waals surface area contributed by atoms with Gasteiger partial charge in [-0.05, 0) is 42.5 Å². The monoisotopic (exact) mass is 460 g/mol. The Labute approximate surface area is 198 Å². The smallest absolute Gasteiger partial charge is 0.240 e. The van der Waals surface area contributed by atoms with Crippen molar-refractivity contribution in [1.82, 2.24) is 0 Å². The quantitative estimate of drug-likeness (QED) is 0.648. The lowest BCUT2D eigenvalue weighted by molar-refractivity contribution is -0.132. The molecular formula is C27H28N2O5. The van der Waals surface area contributed by atoms with Gasteiger partial charge < -0.3 is 14.4 Å². The van der Waals surface area contributed by atoms with E-state index in [1.165, 1.54) is 4.90 Å². The van der Waals surface area contributed by atoms with Crippen LogP contribution >= 0.6 is 0 Å². The number of carbonyl (C=O) groups is 3. The molecule has 7 heteroatoms. The van der Waals surface area contributed by atoms with Crippen LogP contribution in [0.25, 0.3) is 6.08 Å². The molecule has 0 radical (unpaired) electrons. The van der Waals surface area contributed by atoms with E-state index in [1.807, 2.05) is 56.0 Å². The van der Waals surface area contributed by atoms with E-state index in [1.54, 1.807) is 38.5 Å². The van der Waals surface area contributed by atoms with Crippen molar-refractivity contribution in [1.29, 1.82) is 0 Å². The van der Waals surface area contributed by atoms with E-state index in [0.717, 1.165) is 11.3 Å². The minimum absolute atomic E-state index is 0.0557. The molecule has 0 saturated carbocycles. The van der Waals surface area contributed by atoms with Crippen molar-refractivity contribution in [3.8, 4) is 11.5 Å². The highest BCUT2D eigenvalue weighted by molar-refractivity contribution is 6.25. The van der Waals surface area contributed by atoms with E-state index in [2.05, 4.69) is 0 Å². The zero-order valence-electron chi connectivity index (χ0n) is 19.9. The summed E-state index contributed by atoms with van der Waals surface area (Å²) in [6, 6.07) is 11.4.